The van der Waals surface area contributed by atoms with Crippen molar-refractivity contribution < 1.29 is 14.3 Å². The SMILES string of the molecule is CC(=O)NC1CN(C[C@H](CC(C)C)NC(=O)OC(C)(C)C)C1. The number of hydrogen-bond acceptors (Lipinski definition) is 4. The third kappa shape index (κ3) is 7.64. The maximum absolute atomic E-state index is 11.9. The van der Waals surface area contributed by atoms with Crippen molar-refractivity contribution in [3.05, 3.63) is 0 Å². The van der Waals surface area contributed by atoms with Gasteiger partial charge < -0.3 is 15.4 Å². The first-order chi connectivity index (χ1) is 10.0. The van der Waals surface area contributed by atoms with E-state index in [1.165, 1.54) is 6.92 Å². The standard InChI is InChI=1S/C16H31N3O3/c1-11(2)7-13(18-15(21)22-16(4,5)6)8-19-9-14(10-19)17-12(3)20/h11,13-14H,7-10H2,1-6H3,(H,17,20)(H,18,21)/t13-/m0/s1. The molecule has 2 amide bonds. The van der Waals surface area contributed by atoms with Crippen LogP contribution in [0.4, 0.5) is 4.79 Å². The molecule has 1 fully saturated rings. The van der Waals surface area contributed by atoms with E-state index in [4.69, 9.17) is 4.74 Å². The molecular weight excluding hydrogens is 282 g/mol. The van der Waals surface area contributed by atoms with E-state index in [2.05, 4.69) is 29.4 Å². The van der Waals surface area contributed by atoms with Crippen LogP contribution in [0.2, 0.25) is 0 Å². The molecule has 1 aliphatic rings. The molecule has 0 bridgehead atoms. The Morgan fingerprint density at radius 2 is 1.86 bits per heavy atom. The molecule has 22 heavy (non-hydrogen) atoms. The summed E-state index contributed by atoms with van der Waals surface area (Å²) < 4.78 is 5.33. The van der Waals surface area contributed by atoms with Crippen LogP contribution in [-0.2, 0) is 9.53 Å². The summed E-state index contributed by atoms with van der Waals surface area (Å²) in [6, 6.07) is 0.298. The van der Waals surface area contributed by atoms with Crippen LogP contribution in [0, 0.1) is 5.92 Å². The van der Waals surface area contributed by atoms with Crippen molar-refractivity contribution in [3.63, 3.8) is 0 Å². The van der Waals surface area contributed by atoms with Gasteiger partial charge in [-0.2, -0.15) is 0 Å². The summed E-state index contributed by atoms with van der Waals surface area (Å²) in [6.45, 7) is 13.8. The zero-order valence-electron chi connectivity index (χ0n) is 14.7. The third-order valence-electron chi connectivity index (χ3n) is 3.32. The Bertz CT molecular complexity index is 385. The maximum Gasteiger partial charge on any atom is 0.407 e. The van der Waals surface area contributed by atoms with Gasteiger partial charge in [-0.15, -0.1) is 0 Å². The highest BCUT2D eigenvalue weighted by molar-refractivity contribution is 5.73. The number of rotatable bonds is 6. The van der Waals surface area contributed by atoms with Gasteiger partial charge >= 0.3 is 6.09 Å². The lowest BCUT2D eigenvalue weighted by Gasteiger charge is -2.41. The topological polar surface area (TPSA) is 70.7 Å². The molecule has 128 valence electrons. The summed E-state index contributed by atoms with van der Waals surface area (Å²) in [5.41, 5.74) is -0.486. The van der Waals surface area contributed by atoms with Crippen molar-refractivity contribution in [3.8, 4) is 0 Å². The second kappa shape index (κ2) is 7.81. The van der Waals surface area contributed by atoms with Crippen LogP contribution in [-0.4, -0.2) is 54.2 Å². The number of carbonyl (C=O) groups is 2. The van der Waals surface area contributed by atoms with Crippen LogP contribution < -0.4 is 10.6 Å². The van der Waals surface area contributed by atoms with E-state index in [1.54, 1.807) is 0 Å². The van der Waals surface area contributed by atoms with Gasteiger partial charge in [0.15, 0.2) is 0 Å². The van der Waals surface area contributed by atoms with Gasteiger partial charge in [-0.05, 0) is 33.1 Å². The monoisotopic (exact) mass is 313 g/mol. The average Bonchev–Trinajstić information content (AvgIpc) is 2.21. The Hall–Kier alpha value is -1.30. The van der Waals surface area contributed by atoms with Crippen LogP contribution in [0.25, 0.3) is 0 Å². The summed E-state index contributed by atoms with van der Waals surface area (Å²) in [4.78, 5) is 25.2. The first-order valence-electron chi connectivity index (χ1n) is 8.04. The number of nitrogens with zero attached hydrogens (tertiary/aromatic N) is 1. The lowest BCUT2D eigenvalue weighted by atomic mass is 10.0. The quantitative estimate of drug-likeness (QED) is 0.784. The molecular formula is C16H31N3O3. The number of likely N-dealkylation sites (tertiary alicyclic amines) is 1. The van der Waals surface area contributed by atoms with Crippen molar-refractivity contribution in [2.24, 2.45) is 5.92 Å². The van der Waals surface area contributed by atoms with E-state index < -0.39 is 5.60 Å². The molecule has 1 rings (SSSR count). The second-order valence-corrected chi connectivity index (χ2v) is 7.59. The van der Waals surface area contributed by atoms with Gasteiger partial charge in [0.25, 0.3) is 0 Å². The fourth-order valence-corrected chi connectivity index (χ4v) is 2.63. The number of ether oxygens (including phenoxy) is 1. The Morgan fingerprint density at radius 1 is 1.27 bits per heavy atom. The number of alkyl carbamates (subject to hydrolysis) is 1. The Labute approximate surface area is 134 Å². The molecule has 0 spiro atoms. The molecule has 0 aromatic rings. The Kier molecular flexibility index (Phi) is 6.66. The highest BCUT2D eigenvalue weighted by Crippen LogP contribution is 2.14. The predicted molar refractivity (Wildman–Crippen MR) is 86.7 cm³/mol. The fraction of sp³-hybridized carbons (Fsp3) is 0.875. The summed E-state index contributed by atoms with van der Waals surface area (Å²) in [5, 5.41) is 5.87. The molecule has 0 aromatic heterocycles. The molecule has 6 heteroatoms. The average molecular weight is 313 g/mol. The van der Waals surface area contributed by atoms with Crippen LogP contribution >= 0.6 is 0 Å². The number of amides is 2. The van der Waals surface area contributed by atoms with E-state index in [-0.39, 0.29) is 24.1 Å². The summed E-state index contributed by atoms with van der Waals surface area (Å²) in [5.74, 6) is 0.502. The first-order valence-corrected chi connectivity index (χ1v) is 8.04. The molecule has 1 aliphatic heterocycles. The van der Waals surface area contributed by atoms with Crippen molar-refractivity contribution in [1.82, 2.24) is 15.5 Å². The Balaban J connectivity index is 2.42. The smallest absolute Gasteiger partial charge is 0.407 e. The van der Waals surface area contributed by atoms with Gasteiger partial charge in [-0.25, -0.2) is 4.79 Å². The van der Waals surface area contributed by atoms with Gasteiger partial charge in [0.2, 0.25) is 5.91 Å². The Morgan fingerprint density at radius 3 is 2.32 bits per heavy atom. The number of hydrogen-bond donors (Lipinski definition) is 2. The molecule has 1 saturated heterocycles. The molecule has 0 radical (unpaired) electrons. The lowest BCUT2D eigenvalue weighted by Crippen LogP contribution is -2.61. The van der Waals surface area contributed by atoms with Gasteiger partial charge in [0.05, 0.1) is 6.04 Å². The third-order valence-corrected chi connectivity index (χ3v) is 3.32. The van der Waals surface area contributed by atoms with E-state index in [9.17, 15) is 9.59 Å². The van der Waals surface area contributed by atoms with Gasteiger partial charge in [-0.3, -0.25) is 9.69 Å². The van der Waals surface area contributed by atoms with Gasteiger partial charge in [-0.1, -0.05) is 13.8 Å². The first kappa shape index (κ1) is 18.7. The molecule has 0 aliphatic carbocycles. The van der Waals surface area contributed by atoms with Gasteiger partial charge in [0.1, 0.15) is 5.60 Å². The molecule has 0 unspecified atom stereocenters. The fourth-order valence-electron chi connectivity index (χ4n) is 2.63. The largest absolute Gasteiger partial charge is 0.444 e. The van der Waals surface area contributed by atoms with Crippen molar-refractivity contribution in [1.29, 1.82) is 0 Å². The van der Waals surface area contributed by atoms with Crippen LogP contribution in [0.15, 0.2) is 0 Å². The number of nitrogens with one attached hydrogen (secondary N) is 2. The van der Waals surface area contributed by atoms with Crippen molar-refractivity contribution >= 4 is 12.0 Å². The van der Waals surface area contributed by atoms with Crippen molar-refractivity contribution in [2.45, 2.75) is 65.6 Å². The van der Waals surface area contributed by atoms with Crippen molar-refractivity contribution in [2.75, 3.05) is 19.6 Å². The van der Waals surface area contributed by atoms with Crippen LogP contribution in [0.1, 0.15) is 48.0 Å². The minimum Gasteiger partial charge on any atom is -0.444 e. The number of carbonyl (C=O) groups excluding carboxylic acids is 2. The molecule has 0 aromatic carbocycles. The minimum absolute atomic E-state index is 0.00950. The van der Waals surface area contributed by atoms with E-state index >= 15 is 0 Å². The van der Waals surface area contributed by atoms with Crippen LogP contribution in [0.5, 0.6) is 0 Å². The highest BCUT2D eigenvalue weighted by atomic mass is 16.6. The van der Waals surface area contributed by atoms with Crippen LogP contribution in [0.3, 0.4) is 0 Å². The minimum atomic E-state index is -0.486. The highest BCUT2D eigenvalue weighted by Gasteiger charge is 2.30. The normalized spacial score (nSPS) is 17.8. The van der Waals surface area contributed by atoms with E-state index in [1.807, 2.05) is 20.8 Å². The van der Waals surface area contributed by atoms with E-state index in [0.717, 1.165) is 26.1 Å². The lowest BCUT2D eigenvalue weighted by molar-refractivity contribution is -0.120. The molecule has 0 saturated carbocycles. The zero-order valence-corrected chi connectivity index (χ0v) is 14.7. The molecule has 1 atom stereocenters. The van der Waals surface area contributed by atoms with Gasteiger partial charge in [0, 0.05) is 32.6 Å². The van der Waals surface area contributed by atoms with E-state index in [0.29, 0.717) is 5.92 Å². The maximum atomic E-state index is 11.9. The summed E-state index contributed by atoms with van der Waals surface area (Å²) in [6.07, 6.45) is 0.540. The predicted octanol–water partition coefficient (Wildman–Crippen LogP) is 1.75. The zero-order chi connectivity index (χ0) is 16.9. The molecule has 2 N–H and O–H groups in total. The second-order valence-electron chi connectivity index (χ2n) is 7.59. The summed E-state index contributed by atoms with van der Waals surface area (Å²) in [7, 11) is 0. The summed E-state index contributed by atoms with van der Waals surface area (Å²) >= 11 is 0. The molecule has 1 heterocycles. The molecule has 6 nitrogen and oxygen atoms in total.